The van der Waals surface area contributed by atoms with Crippen molar-refractivity contribution in [2.75, 3.05) is 0 Å². The second kappa shape index (κ2) is 5.71. The Kier molecular flexibility index (Phi) is 4.03. The van der Waals surface area contributed by atoms with Crippen LogP contribution in [0.25, 0.3) is 0 Å². The van der Waals surface area contributed by atoms with Crippen molar-refractivity contribution in [2.45, 2.75) is 38.5 Å². The topological polar surface area (TPSA) is 50.9 Å². The highest BCUT2D eigenvalue weighted by atomic mass is 14.9. The Labute approximate surface area is 109 Å². The molecule has 3 nitrogen and oxygen atoms in total. The van der Waals surface area contributed by atoms with Crippen LogP contribution in [0.2, 0.25) is 0 Å². The maximum atomic E-state index is 6.13. The van der Waals surface area contributed by atoms with Crippen LogP contribution in [-0.4, -0.2) is 4.98 Å². The number of allylic oxidation sites excluding steroid dienone is 2. The molecule has 3 N–H and O–H groups in total. The lowest BCUT2D eigenvalue weighted by Gasteiger charge is -2.24. The molecule has 0 spiro atoms. The zero-order valence-corrected chi connectivity index (χ0v) is 10.9. The number of nitrogens with two attached hydrogens (primary N) is 1. The molecule has 96 valence electrons. The van der Waals surface area contributed by atoms with Gasteiger partial charge in [0.25, 0.3) is 0 Å². The lowest BCUT2D eigenvalue weighted by atomic mass is 9.84. The molecule has 18 heavy (non-hydrogen) atoms. The summed E-state index contributed by atoms with van der Waals surface area (Å²) in [7, 11) is 0. The largest absolute Gasteiger partial charge is 0.401 e. The summed E-state index contributed by atoms with van der Waals surface area (Å²) in [6.07, 6.45) is 7.96. The van der Waals surface area contributed by atoms with Crippen molar-refractivity contribution in [1.29, 1.82) is 0 Å². The Bertz CT molecular complexity index is 463. The SMILES string of the molecule is C=CN/C(C)=C(\N)CC1CCCc2cccnc21. The maximum Gasteiger partial charge on any atom is 0.0470 e. The first kappa shape index (κ1) is 12.7. The van der Waals surface area contributed by atoms with Crippen molar-refractivity contribution in [3.8, 4) is 0 Å². The molecule has 1 atom stereocenters. The summed E-state index contributed by atoms with van der Waals surface area (Å²) in [4.78, 5) is 4.54. The van der Waals surface area contributed by atoms with E-state index >= 15 is 0 Å². The van der Waals surface area contributed by atoms with Crippen LogP contribution in [0.3, 0.4) is 0 Å². The average Bonchev–Trinajstić information content (AvgIpc) is 2.39. The van der Waals surface area contributed by atoms with Crippen molar-refractivity contribution in [3.05, 3.63) is 53.8 Å². The first-order valence-electron chi connectivity index (χ1n) is 6.49. The standard InChI is InChI=1S/C15H21N3/c1-3-17-11(2)14(16)10-13-7-4-6-12-8-5-9-18-15(12)13/h3,5,8-9,13,17H,1,4,6-7,10,16H2,2H3/b14-11-. The van der Waals surface area contributed by atoms with Gasteiger partial charge in [0.05, 0.1) is 0 Å². The third kappa shape index (κ3) is 2.73. The van der Waals surface area contributed by atoms with Crippen LogP contribution in [0.4, 0.5) is 0 Å². The van der Waals surface area contributed by atoms with Gasteiger partial charge in [-0.1, -0.05) is 12.6 Å². The van der Waals surface area contributed by atoms with E-state index in [0.717, 1.165) is 24.2 Å². The highest BCUT2D eigenvalue weighted by molar-refractivity contribution is 5.27. The zero-order chi connectivity index (χ0) is 13.0. The van der Waals surface area contributed by atoms with Gasteiger partial charge in [0.1, 0.15) is 0 Å². The van der Waals surface area contributed by atoms with Crippen LogP contribution < -0.4 is 11.1 Å². The molecular weight excluding hydrogens is 222 g/mol. The first-order valence-corrected chi connectivity index (χ1v) is 6.49. The highest BCUT2D eigenvalue weighted by Gasteiger charge is 2.22. The molecule has 1 unspecified atom stereocenters. The fourth-order valence-electron chi connectivity index (χ4n) is 2.57. The second-order valence-corrected chi connectivity index (χ2v) is 4.84. The van der Waals surface area contributed by atoms with Gasteiger partial charge < -0.3 is 11.1 Å². The van der Waals surface area contributed by atoms with Gasteiger partial charge in [0.2, 0.25) is 0 Å². The minimum absolute atomic E-state index is 0.455. The van der Waals surface area contributed by atoms with Gasteiger partial charge in [0.15, 0.2) is 0 Å². The Morgan fingerprint density at radius 3 is 3.28 bits per heavy atom. The number of aromatic nitrogens is 1. The number of hydrogen-bond donors (Lipinski definition) is 2. The van der Waals surface area contributed by atoms with E-state index < -0.39 is 0 Å². The Balaban J connectivity index is 2.16. The van der Waals surface area contributed by atoms with Crippen LogP contribution in [-0.2, 0) is 6.42 Å². The molecule has 0 bridgehead atoms. The zero-order valence-electron chi connectivity index (χ0n) is 10.9. The molecule has 1 aliphatic carbocycles. The summed E-state index contributed by atoms with van der Waals surface area (Å²) < 4.78 is 0. The molecule has 0 aliphatic heterocycles. The summed E-state index contributed by atoms with van der Waals surface area (Å²) in [5.41, 5.74) is 10.6. The lowest BCUT2D eigenvalue weighted by molar-refractivity contribution is 0.529. The first-order chi connectivity index (χ1) is 8.72. The summed E-state index contributed by atoms with van der Waals surface area (Å²) in [5, 5.41) is 3.06. The van der Waals surface area contributed by atoms with Gasteiger partial charge in [0, 0.05) is 29.2 Å². The molecule has 1 aromatic rings. The highest BCUT2D eigenvalue weighted by Crippen LogP contribution is 2.33. The van der Waals surface area contributed by atoms with Crippen molar-refractivity contribution in [3.63, 3.8) is 0 Å². The van der Waals surface area contributed by atoms with Crippen LogP contribution in [0.1, 0.15) is 43.4 Å². The van der Waals surface area contributed by atoms with Crippen LogP contribution >= 0.6 is 0 Å². The average molecular weight is 243 g/mol. The minimum atomic E-state index is 0.455. The normalized spacial score (nSPS) is 19.7. The molecular formula is C15H21N3. The molecule has 0 radical (unpaired) electrons. The molecule has 1 heterocycles. The summed E-state index contributed by atoms with van der Waals surface area (Å²) >= 11 is 0. The third-order valence-electron chi connectivity index (χ3n) is 3.58. The number of pyridine rings is 1. The molecule has 2 rings (SSSR count). The quantitative estimate of drug-likeness (QED) is 0.855. The van der Waals surface area contributed by atoms with E-state index in [-0.39, 0.29) is 0 Å². The molecule has 0 saturated carbocycles. The molecule has 3 heteroatoms. The Hall–Kier alpha value is -1.77. The predicted molar refractivity (Wildman–Crippen MR) is 74.8 cm³/mol. The van der Waals surface area contributed by atoms with Gasteiger partial charge in [-0.3, -0.25) is 4.98 Å². The van der Waals surface area contributed by atoms with E-state index in [1.54, 1.807) is 6.20 Å². The fourth-order valence-corrected chi connectivity index (χ4v) is 2.57. The van der Waals surface area contributed by atoms with Crippen molar-refractivity contribution >= 4 is 0 Å². The van der Waals surface area contributed by atoms with Gasteiger partial charge in [-0.05, 0) is 50.4 Å². The van der Waals surface area contributed by atoms with Gasteiger partial charge in [-0.25, -0.2) is 0 Å². The van der Waals surface area contributed by atoms with E-state index in [4.69, 9.17) is 5.73 Å². The van der Waals surface area contributed by atoms with Crippen molar-refractivity contribution in [2.24, 2.45) is 5.73 Å². The van der Waals surface area contributed by atoms with E-state index in [1.165, 1.54) is 24.1 Å². The van der Waals surface area contributed by atoms with E-state index in [9.17, 15) is 0 Å². The number of hydrogen-bond acceptors (Lipinski definition) is 3. The lowest BCUT2D eigenvalue weighted by Crippen LogP contribution is -2.17. The van der Waals surface area contributed by atoms with E-state index in [2.05, 4.69) is 22.9 Å². The van der Waals surface area contributed by atoms with Gasteiger partial charge in [-0.2, -0.15) is 0 Å². The Morgan fingerprint density at radius 1 is 1.67 bits per heavy atom. The number of fused-ring (bicyclic) bond motifs is 1. The third-order valence-corrected chi connectivity index (χ3v) is 3.58. The summed E-state index contributed by atoms with van der Waals surface area (Å²) in [6.45, 7) is 5.64. The number of aryl methyl sites for hydroxylation is 1. The van der Waals surface area contributed by atoms with Crippen LogP contribution in [0.5, 0.6) is 0 Å². The summed E-state index contributed by atoms with van der Waals surface area (Å²) in [5.74, 6) is 0.455. The number of rotatable bonds is 4. The maximum absolute atomic E-state index is 6.13. The Morgan fingerprint density at radius 2 is 2.50 bits per heavy atom. The molecule has 1 aromatic heterocycles. The van der Waals surface area contributed by atoms with Gasteiger partial charge >= 0.3 is 0 Å². The molecule has 0 aromatic carbocycles. The predicted octanol–water partition coefficient (Wildman–Crippen LogP) is 2.81. The van der Waals surface area contributed by atoms with E-state index in [1.807, 2.05) is 19.2 Å². The number of nitrogens with zero attached hydrogens (tertiary/aromatic N) is 1. The molecule has 1 aliphatic rings. The number of nitrogens with one attached hydrogen (secondary N) is 1. The fraction of sp³-hybridized carbons (Fsp3) is 0.400. The monoisotopic (exact) mass is 243 g/mol. The summed E-state index contributed by atoms with van der Waals surface area (Å²) in [6, 6.07) is 4.20. The van der Waals surface area contributed by atoms with Crippen LogP contribution in [0.15, 0.2) is 42.5 Å². The second-order valence-electron chi connectivity index (χ2n) is 4.84. The van der Waals surface area contributed by atoms with Crippen molar-refractivity contribution < 1.29 is 0 Å². The molecule has 0 amide bonds. The molecule has 0 saturated heterocycles. The van der Waals surface area contributed by atoms with Crippen molar-refractivity contribution in [1.82, 2.24) is 10.3 Å². The molecule has 0 fully saturated rings. The minimum Gasteiger partial charge on any atom is -0.401 e. The van der Waals surface area contributed by atoms with Crippen LogP contribution in [0, 0.1) is 0 Å². The van der Waals surface area contributed by atoms with E-state index in [0.29, 0.717) is 5.92 Å². The van der Waals surface area contributed by atoms with Gasteiger partial charge in [-0.15, -0.1) is 0 Å². The smallest absolute Gasteiger partial charge is 0.0470 e.